The molecule has 4 heteroatoms. The molecule has 3 nitrogen and oxygen atoms in total. The van der Waals surface area contributed by atoms with Crippen LogP contribution >= 0.6 is 11.6 Å². The van der Waals surface area contributed by atoms with Crippen molar-refractivity contribution in [3.8, 4) is 5.75 Å². The highest BCUT2D eigenvalue weighted by molar-refractivity contribution is 6.32. The molecule has 76 valence electrons. The quantitative estimate of drug-likeness (QED) is 0.746. The number of hydrogen-bond donors (Lipinski definition) is 2. The zero-order valence-electron chi connectivity index (χ0n) is 7.66. The maximum Gasteiger partial charge on any atom is 0.143 e. The molecule has 1 aliphatic heterocycles. The average Bonchev–Trinajstić information content (AvgIpc) is 2.20. The Morgan fingerprint density at radius 3 is 3.07 bits per heavy atom. The Labute approximate surface area is 87.4 Å². The topological polar surface area (TPSA) is 55.5 Å². The van der Waals surface area contributed by atoms with Crippen molar-refractivity contribution in [2.24, 2.45) is 5.73 Å². The number of fused-ring (bicyclic) bond motifs is 1. The third-order valence-electron chi connectivity index (χ3n) is 2.45. The van der Waals surface area contributed by atoms with Crippen molar-refractivity contribution < 1.29 is 9.84 Å². The summed E-state index contributed by atoms with van der Waals surface area (Å²) in [6.45, 7) is 0.555. The third-order valence-corrected chi connectivity index (χ3v) is 2.75. The first-order valence-electron chi connectivity index (χ1n) is 4.54. The Hall–Kier alpha value is -0.770. The highest BCUT2D eigenvalue weighted by Gasteiger charge is 2.23. The Balaban J connectivity index is 2.58. The first-order chi connectivity index (χ1) is 6.74. The summed E-state index contributed by atoms with van der Waals surface area (Å²) < 4.78 is 5.44. The van der Waals surface area contributed by atoms with Gasteiger partial charge in [-0.05, 0) is 11.6 Å². The van der Waals surface area contributed by atoms with Crippen molar-refractivity contribution >= 4 is 11.6 Å². The van der Waals surface area contributed by atoms with Gasteiger partial charge in [0.15, 0.2) is 0 Å². The van der Waals surface area contributed by atoms with E-state index in [-0.39, 0.29) is 12.6 Å². The smallest absolute Gasteiger partial charge is 0.143 e. The lowest BCUT2D eigenvalue weighted by Crippen LogP contribution is -2.22. The van der Waals surface area contributed by atoms with Gasteiger partial charge >= 0.3 is 0 Å². The summed E-state index contributed by atoms with van der Waals surface area (Å²) in [5.74, 6) is 0.636. The second kappa shape index (κ2) is 3.77. The Bertz CT molecular complexity index is 354. The van der Waals surface area contributed by atoms with Crippen LogP contribution in [0, 0.1) is 0 Å². The molecule has 0 radical (unpaired) electrons. The summed E-state index contributed by atoms with van der Waals surface area (Å²) in [5.41, 5.74) is 7.60. The van der Waals surface area contributed by atoms with Crippen LogP contribution in [0.1, 0.15) is 23.6 Å². The molecule has 1 heterocycles. The summed E-state index contributed by atoms with van der Waals surface area (Å²) in [4.78, 5) is 0. The lowest BCUT2D eigenvalue weighted by molar-refractivity contribution is 0.254. The molecule has 0 bridgehead atoms. The van der Waals surface area contributed by atoms with Crippen molar-refractivity contribution in [3.05, 3.63) is 28.3 Å². The molecule has 3 N–H and O–H groups in total. The van der Waals surface area contributed by atoms with Crippen LogP contribution in [-0.4, -0.2) is 11.7 Å². The Morgan fingerprint density at radius 1 is 1.57 bits per heavy atom. The van der Waals surface area contributed by atoms with Crippen molar-refractivity contribution in [1.82, 2.24) is 0 Å². The minimum atomic E-state index is -0.0837. The molecular formula is C10H12ClNO2. The van der Waals surface area contributed by atoms with Crippen LogP contribution in [-0.2, 0) is 6.61 Å². The molecule has 0 saturated heterocycles. The molecule has 0 aromatic heterocycles. The van der Waals surface area contributed by atoms with E-state index in [2.05, 4.69) is 0 Å². The van der Waals surface area contributed by atoms with Gasteiger partial charge in [-0.15, -0.1) is 0 Å². The van der Waals surface area contributed by atoms with Crippen molar-refractivity contribution in [3.63, 3.8) is 0 Å². The fourth-order valence-electron chi connectivity index (χ4n) is 1.74. The summed E-state index contributed by atoms with van der Waals surface area (Å²) in [7, 11) is 0. The Kier molecular flexibility index (Phi) is 2.63. The minimum absolute atomic E-state index is 0.0312. The molecule has 1 aromatic carbocycles. The maximum atomic E-state index is 9.15. The van der Waals surface area contributed by atoms with Crippen molar-refractivity contribution in [2.45, 2.75) is 19.1 Å². The number of hydrogen-bond acceptors (Lipinski definition) is 3. The van der Waals surface area contributed by atoms with E-state index in [1.165, 1.54) is 0 Å². The van der Waals surface area contributed by atoms with Gasteiger partial charge in [-0.2, -0.15) is 0 Å². The summed E-state index contributed by atoms with van der Waals surface area (Å²) >= 11 is 5.97. The van der Waals surface area contributed by atoms with E-state index in [0.717, 1.165) is 17.5 Å². The molecule has 1 atom stereocenters. The van der Waals surface area contributed by atoms with E-state index in [1.54, 1.807) is 12.1 Å². The second-order valence-corrected chi connectivity index (χ2v) is 3.76. The fourth-order valence-corrected chi connectivity index (χ4v) is 1.96. The molecular weight excluding hydrogens is 202 g/mol. The summed E-state index contributed by atoms with van der Waals surface area (Å²) in [6.07, 6.45) is 0.764. The maximum absolute atomic E-state index is 9.15. The normalized spacial score (nSPS) is 20.1. The van der Waals surface area contributed by atoms with Crippen LogP contribution in [0.15, 0.2) is 12.1 Å². The lowest BCUT2D eigenvalue weighted by atomic mass is 9.96. The van der Waals surface area contributed by atoms with Gasteiger partial charge in [-0.25, -0.2) is 0 Å². The van der Waals surface area contributed by atoms with Gasteiger partial charge < -0.3 is 15.6 Å². The van der Waals surface area contributed by atoms with E-state index in [9.17, 15) is 0 Å². The number of benzene rings is 1. The SMILES string of the molecule is N[C@@H]1CCOc2c(Cl)ccc(CO)c21. The van der Waals surface area contributed by atoms with Crippen molar-refractivity contribution in [2.75, 3.05) is 6.61 Å². The van der Waals surface area contributed by atoms with Crippen LogP contribution in [0.25, 0.3) is 0 Å². The van der Waals surface area contributed by atoms with Crippen LogP contribution in [0.5, 0.6) is 5.75 Å². The van der Waals surface area contributed by atoms with E-state index >= 15 is 0 Å². The van der Waals surface area contributed by atoms with Gasteiger partial charge in [0.05, 0.1) is 18.2 Å². The number of ether oxygens (including phenoxy) is 1. The summed E-state index contributed by atoms with van der Waals surface area (Å²) in [5, 5.41) is 9.71. The molecule has 1 aromatic rings. The first-order valence-corrected chi connectivity index (χ1v) is 4.92. The average molecular weight is 214 g/mol. The highest BCUT2D eigenvalue weighted by atomic mass is 35.5. The van der Waals surface area contributed by atoms with Gasteiger partial charge in [0.1, 0.15) is 5.75 Å². The standard InChI is InChI=1S/C10H12ClNO2/c11-7-2-1-6(5-13)9-8(12)3-4-14-10(7)9/h1-2,8,13H,3-5,12H2/t8-/m1/s1. The largest absolute Gasteiger partial charge is 0.492 e. The number of rotatable bonds is 1. The lowest BCUT2D eigenvalue weighted by Gasteiger charge is -2.25. The van der Waals surface area contributed by atoms with Crippen molar-refractivity contribution in [1.29, 1.82) is 0 Å². The van der Waals surface area contributed by atoms with Crippen LogP contribution in [0.4, 0.5) is 0 Å². The molecule has 0 spiro atoms. The first kappa shape index (κ1) is 9.77. The van der Waals surface area contributed by atoms with Gasteiger partial charge in [0.25, 0.3) is 0 Å². The third kappa shape index (κ3) is 1.47. The van der Waals surface area contributed by atoms with Gasteiger partial charge in [0.2, 0.25) is 0 Å². The molecule has 14 heavy (non-hydrogen) atoms. The van der Waals surface area contributed by atoms with E-state index in [4.69, 9.17) is 27.2 Å². The molecule has 0 saturated carbocycles. The molecule has 0 amide bonds. The molecule has 1 aliphatic rings. The number of aliphatic hydroxyl groups excluding tert-OH is 1. The van der Waals surface area contributed by atoms with Gasteiger partial charge in [-0.1, -0.05) is 17.7 Å². The van der Waals surface area contributed by atoms with Crippen LogP contribution < -0.4 is 10.5 Å². The van der Waals surface area contributed by atoms with Crippen LogP contribution in [0.3, 0.4) is 0 Å². The van der Waals surface area contributed by atoms with E-state index < -0.39 is 0 Å². The highest BCUT2D eigenvalue weighted by Crippen LogP contribution is 2.38. The summed E-state index contributed by atoms with van der Waals surface area (Å²) in [6, 6.07) is 3.43. The molecule has 2 rings (SSSR count). The number of halogens is 1. The second-order valence-electron chi connectivity index (χ2n) is 3.35. The number of aliphatic hydroxyl groups is 1. The minimum Gasteiger partial charge on any atom is -0.492 e. The van der Waals surface area contributed by atoms with E-state index in [1.807, 2.05) is 0 Å². The van der Waals surface area contributed by atoms with Gasteiger partial charge in [-0.3, -0.25) is 0 Å². The molecule has 0 fully saturated rings. The number of nitrogens with two attached hydrogens (primary N) is 1. The van der Waals surface area contributed by atoms with E-state index in [0.29, 0.717) is 17.4 Å². The van der Waals surface area contributed by atoms with Crippen LogP contribution in [0.2, 0.25) is 5.02 Å². The fraction of sp³-hybridized carbons (Fsp3) is 0.400. The molecule has 0 aliphatic carbocycles. The zero-order chi connectivity index (χ0) is 10.1. The van der Waals surface area contributed by atoms with Gasteiger partial charge in [0, 0.05) is 18.0 Å². The predicted molar refractivity (Wildman–Crippen MR) is 54.4 cm³/mol. The zero-order valence-corrected chi connectivity index (χ0v) is 8.42. The monoisotopic (exact) mass is 213 g/mol. The predicted octanol–water partition coefficient (Wildman–Crippen LogP) is 1.61. The Morgan fingerprint density at radius 2 is 2.36 bits per heavy atom. The molecule has 0 unspecified atom stereocenters.